The molecule has 0 aliphatic carbocycles. The van der Waals surface area contributed by atoms with Crippen LogP contribution in [0, 0.1) is 0 Å². The summed E-state index contributed by atoms with van der Waals surface area (Å²) in [7, 11) is 0. The van der Waals surface area contributed by atoms with Crippen LogP contribution < -0.4 is 14.2 Å². The van der Waals surface area contributed by atoms with Gasteiger partial charge in [-0.25, -0.2) is 0 Å². The Labute approximate surface area is 158 Å². The van der Waals surface area contributed by atoms with Crippen molar-refractivity contribution in [3.8, 4) is 23.0 Å². The number of benzene rings is 3. The van der Waals surface area contributed by atoms with Crippen molar-refractivity contribution >= 4 is 10.8 Å². The summed E-state index contributed by atoms with van der Waals surface area (Å²) in [4.78, 5) is 0. The lowest BCUT2D eigenvalue weighted by molar-refractivity contribution is 0.121. The minimum absolute atomic E-state index is 0.162. The topological polar surface area (TPSA) is 68.2 Å². The van der Waals surface area contributed by atoms with Gasteiger partial charge in [-0.3, -0.25) is 0 Å². The molecule has 0 saturated heterocycles. The molecule has 0 bridgehead atoms. The van der Waals surface area contributed by atoms with Gasteiger partial charge in [0.2, 0.25) is 0 Å². The quantitative estimate of drug-likeness (QED) is 0.625. The first-order chi connectivity index (χ1) is 13.0. The van der Waals surface area contributed by atoms with Crippen LogP contribution in [0.3, 0.4) is 0 Å². The van der Waals surface area contributed by atoms with Crippen molar-refractivity contribution < 1.29 is 24.4 Å². The van der Waals surface area contributed by atoms with E-state index in [0.29, 0.717) is 23.0 Å². The number of fused-ring (bicyclic) bond motifs is 1. The molecule has 142 valence electrons. The van der Waals surface area contributed by atoms with Gasteiger partial charge in [-0.1, -0.05) is 30.3 Å². The lowest BCUT2D eigenvalue weighted by atomic mass is 10.1. The first kappa shape index (κ1) is 19.0. The third kappa shape index (κ3) is 5.12. The van der Waals surface area contributed by atoms with Gasteiger partial charge < -0.3 is 24.4 Å². The van der Waals surface area contributed by atoms with Gasteiger partial charge in [0.15, 0.2) is 11.5 Å². The molecule has 0 fully saturated rings. The van der Waals surface area contributed by atoms with Crippen LogP contribution in [0.15, 0.2) is 60.7 Å². The molecular formula is C22H24O5. The zero-order valence-corrected chi connectivity index (χ0v) is 15.5. The fraction of sp³-hybridized carbons (Fsp3) is 0.273. The number of aliphatic hydroxyl groups is 2. The van der Waals surface area contributed by atoms with Crippen LogP contribution >= 0.6 is 0 Å². The molecule has 2 N–H and O–H groups in total. The third-order valence-corrected chi connectivity index (χ3v) is 3.84. The zero-order chi connectivity index (χ0) is 19.2. The predicted octanol–water partition coefficient (Wildman–Crippen LogP) is 4.15. The normalized spacial score (nSPS) is 13.2. The maximum atomic E-state index is 9.56. The molecule has 27 heavy (non-hydrogen) atoms. The average Bonchev–Trinajstić information content (AvgIpc) is 2.66. The van der Waals surface area contributed by atoms with E-state index in [0.717, 1.165) is 10.8 Å². The van der Waals surface area contributed by atoms with E-state index in [4.69, 9.17) is 14.2 Å². The van der Waals surface area contributed by atoms with E-state index in [-0.39, 0.29) is 13.2 Å². The molecule has 0 saturated carbocycles. The predicted molar refractivity (Wildman–Crippen MR) is 105 cm³/mol. The fourth-order valence-electron chi connectivity index (χ4n) is 2.59. The van der Waals surface area contributed by atoms with Gasteiger partial charge in [0.25, 0.3) is 0 Å². The molecule has 0 amide bonds. The number of rotatable bonds is 8. The molecule has 3 rings (SSSR count). The number of hydrogen-bond donors (Lipinski definition) is 2. The molecule has 0 radical (unpaired) electrons. The van der Waals surface area contributed by atoms with Crippen LogP contribution in [0.1, 0.15) is 13.8 Å². The maximum Gasteiger partial charge on any atom is 0.177 e. The van der Waals surface area contributed by atoms with E-state index in [1.807, 2.05) is 60.7 Å². The SMILES string of the molecule is CC(O)COc1ccc2ccc(OCC(C)O)c(Oc3ccccc3)c2c1. The van der Waals surface area contributed by atoms with Crippen LogP contribution in [0.5, 0.6) is 23.0 Å². The highest BCUT2D eigenvalue weighted by atomic mass is 16.5. The molecule has 3 aromatic rings. The number of ether oxygens (including phenoxy) is 3. The summed E-state index contributed by atoms with van der Waals surface area (Å²) in [5, 5.41) is 20.8. The Balaban J connectivity index is 2.02. The zero-order valence-electron chi connectivity index (χ0n) is 15.5. The molecule has 0 aliphatic rings. The second kappa shape index (κ2) is 8.75. The first-order valence-corrected chi connectivity index (χ1v) is 8.94. The van der Waals surface area contributed by atoms with E-state index >= 15 is 0 Å². The number of hydrogen-bond acceptors (Lipinski definition) is 5. The number of aliphatic hydroxyl groups excluding tert-OH is 2. The van der Waals surface area contributed by atoms with Crippen molar-refractivity contribution in [2.75, 3.05) is 13.2 Å². The van der Waals surface area contributed by atoms with E-state index < -0.39 is 12.2 Å². The lowest BCUT2D eigenvalue weighted by Gasteiger charge is -2.17. The highest BCUT2D eigenvalue weighted by Crippen LogP contribution is 2.40. The molecule has 0 spiro atoms. The van der Waals surface area contributed by atoms with Crippen LogP contribution in [0.2, 0.25) is 0 Å². The molecule has 0 aromatic heterocycles. The Kier molecular flexibility index (Phi) is 6.16. The average molecular weight is 368 g/mol. The Morgan fingerprint density at radius 2 is 1.44 bits per heavy atom. The summed E-state index contributed by atoms with van der Waals surface area (Å²) < 4.78 is 17.5. The summed E-state index contributed by atoms with van der Waals surface area (Å²) in [6.07, 6.45) is -1.15. The molecule has 0 aliphatic heterocycles. The van der Waals surface area contributed by atoms with Gasteiger partial charge in [-0.15, -0.1) is 0 Å². The highest BCUT2D eigenvalue weighted by Gasteiger charge is 2.14. The minimum atomic E-state index is -0.592. The molecule has 5 heteroatoms. The van der Waals surface area contributed by atoms with Crippen LogP contribution in [-0.4, -0.2) is 35.6 Å². The van der Waals surface area contributed by atoms with E-state index in [1.54, 1.807) is 13.8 Å². The van der Waals surface area contributed by atoms with Gasteiger partial charge >= 0.3 is 0 Å². The van der Waals surface area contributed by atoms with Crippen molar-refractivity contribution in [1.29, 1.82) is 0 Å². The highest BCUT2D eigenvalue weighted by molar-refractivity contribution is 5.92. The molecule has 5 nitrogen and oxygen atoms in total. The van der Waals surface area contributed by atoms with Crippen molar-refractivity contribution in [2.24, 2.45) is 0 Å². The van der Waals surface area contributed by atoms with Gasteiger partial charge in [0.1, 0.15) is 24.7 Å². The smallest absolute Gasteiger partial charge is 0.177 e. The summed E-state index contributed by atoms with van der Waals surface area (Å²) in [6, 6.07) is 18.9. The second-order valence-corrected chi connectivity index (χ2v) is 6.51. The Bertz CT molecular complexity index is 869. The number of para-hydroxylation sites is 1. The van der Waals surface area contributed by atoms with E-state index in [2.05, 4.69) is 0 Å². The minimum Gasteiger partial charge on any atom is -0.491 e. The van der Waals surface area contributed by atoms with E-state index in [1.165, 1.54) is 0 Å². The summed E-state index contributed by atoms with van der Waals surface area (Å²) in [6.45, 7) is 3.71. The lowest BCUT2D eigenvalue weighted by Crippen LogP contribution is -2.13. The van der Waals surface area contributed by atoms with Gasteiger partial charge in [0, 0.05) is 5.39 Å². The first-order valence-electron chi connectivity index (χ1n) is 8.94. The van der Waals surface area contributed by atoms with Crippen LogP contribution in [0.25, 0.3) is 10.8 Å². The van der Waals surface area contributed by atoms with Crippen molar-refractivity contribution in [3.05, 3.63) is 60.7 Å². The molecule has 3 aromatic carbocycles. The summed E-state index contributed by atoms with van der Waals surface area (Å²) in [5.74, 6) is 2.41. The van der Waals surface area contributed by atoms with Crippen LogP contribution in [-0.2, 0) is 0 Å². The Morgan fingerprint density at radius 1 is 0.778 bits per heavy atom. The summed E-state index contributed by atoms with van der Waals surface area (Å²) in [5.41, 5.74) is 0. The van der Waals surface area contributed by atoms with Gasteiger partial charge in [0.05, 0.1) is 12.2 Å². The fourth-order valence-corrected chi connectivity index (χ4v) is 2.59. The second-order valence-electron chi connectivity index (χ2n) is 6.51. The van der Waals surface area contributed by atoms with Crippen molar-refractivity contribution in [1.82, 2.24) is 0 Å². The Morgan fingerprint density at radius 3 is 2.15 bits per heavy atom. The van der Waals surface area contributed by atoms with E-state index in [9.17, 15) is 10.2 Å². The molecule has 0 heterocycles. The van der Waals surface area contributed by atoms with Crippen LogP contribution in [0.4, 0.5) is 0 Å². The van der Waals surface area contributed by atoms with Gasteiger partial charge in [-0.2, -0.15) is 0 Å². The van der Waals surface area contributed by atoms with Gasteiger partial charge in [-0.05, 0) is 49.6 Å². The molecular weight excluding hydrogens is 344 g/mol. The standard InChI is InChI=1S/C22H24O5/c1-15(23)13-25-19-10-8-17-9-11-21(26-14-16(2)24)22(20(17)12-19)27-18-6-4-3-5-7-18/h3-12,15-16,23-24H,13-14H2,1-2H3. The van der Waals surface area contributed by atoms with Crippen molar-refractivity contribution in [2.45, 2.75) is 26.1 Å². The van der Waals surface area contributed by atoms with Crippen molar-refractivity contribution in [3.63, 3.8) is 0 Å². The molecule has 2 unspecified atom stereocenters. The monoisotopic (exact) mass is 368 g/mol. The largest absolute Gasteiger partial charge is 0.491 e. The summed E-state index contributed by atoms with van der Waals surface area (Å²) >= 11 is 0. The Hall–Kier alpha value is -2.76. The maximum absolute atomic E-state index is 9.56. The third-order valence-electron chi connectivity index (χ3n) is 3.84. The molecule has 2 atom stereocenters.